The van der Waals surface area contributed by atoms with Gasteiger partial charge in [-0.2, -0.15) is 0 Å². The first-order valence-electron chi connectivity index (χ1n) is 3.54. The molecule has 1 aromatic heterocycles. The van der Waals surface area contributed by atoms with E-state index in [1.165, 1.54) is 0 Å². The largest absolute Gasteiger partial charge is 0.367 e. The molecule has 2 rings (SSSR count). The molecule has 62 valence electrons. The van der Waals surface area contributed by atoms with Crippen molar-refractivity contribution in [2.75, 3.05) is 6.61 Å². The fraction of sp³-hybridized carbons (Fsp3) is 0.250. The monoisotopic (exact) mass is 183 g/mol. The Kier molecular flexibility index (Phi) is 1.83. The lowest BCUT2D eigenvalue weighted by Gasteiger charge is -2.13. The van der Waals surface area contributed by atoms with Crippen molar-refractivity contribution in [1.82, 2.24) is 4.98 Å². The maximum absolute atomic E-state index is 11.2. The molecular weight excluding hydrogens is 178 g/mol. The van der Waals surface area contributed by atoms with Crippen molar-refractivity contribution in [1.29, 1.82) is 0 Å². The molecule has 1 aliphatic rings. The average Bonchev–Trinajstić information content (AvgIpc) is 2.04. The van der Waals surface area contributed by atoms with E-state index in [9.17, 15) is 4.79 Å². The quantitative estimate of drug-likeness (QED) is 0.572. The van der Waals surface area contributed by atoms with E-state index in [4.69, 9.17) is 16.3 Å². The van der Waals surface area contributed by atoms with Crippen LogP contribution in [0.2, 0.25) is 5.15 Å². The molecule has 1 aromatic rings. The van der Waals surface area contributed by atoms with Crippen LogP contribution in [0.1, 0.15) is 16.1 Å². The molecule has 0 N–H and O–H groups in total. The second kappa shape index (κ2) is 2.84. The van der Waals surface area contributed by atoms with Crippen LogP contribution >= 0.6 is 11.6 Å². The lowest BCUT2D eigenvalue weighted by atomic mass is 10.1. The Morgan fingerprint density at radius 3 is 3.08 bits per heavy atom. The summed E-state index contributed by atoms with van der Waals surface area (Å²) in [6.07, 6.45) is 0. The molecule has 0 unspecified atom stereocenters. The zero-order valence-corrected chi connectivity index (χ0v) is 6.97. The second-order valence-electron chi connectivity index (χ2n) is 2.54. The highest BCUT2D eigenvalue weighted by atomic mass is 35.5. The van der Waals surface area contributed by atoms with E-state index in [0.29, 0.717) is 23.0 Å². The summed E-state index contributed by atoms with van der Waals surface area (Å²) in [4.78, 5) is 15.2. The summed E-state index contributed by atoms with van der Waals surface area (Å²) in [5.41, 5.74) is 1.27. The number of rotatable bonds is 0. The van der Waals surface area contributed by atoms with Crippen molar-refractivity contribution in [3.8, 4) is 0 Å². The van der Waals surface area contributed by atoms with E-state index >= 15 is 0 Å². The van der Waals surface area contributed by atoms with Gasteiger partial charge in [-0.3, -0.25) is 4.79 Å². The van der Waals surface area contributed by atoms with Gasteiger partial charge in [-0.1, -0.05) is 11.6 Å². The molecule has 4 heteroatoms. The lowest BCUT2D eigenvalue weighted by Crippen LogP contribution is -2.19. The first-order chi connectivity index (χ1) is 5.77. The predicted octanol–water partition coefficient (Wildman–Crippen LogP) is 1.45. The molecule has 0 fully saturated rings. The van der Waals surface area contributed by atoms with Gasteiger partial charge in [-0.05, 0) is 12.1 Å². The molecule has 0 aliphatic carbocycles. The van der Waals surface area contributed by atoms with Gasteiger partial charge < -0.3 is 4.74 Å². The van der Waals surface area contributed by atoms with Crippen LogP contribution in [0.15, 0.2) is 12.1 Å². The number of halogens is 1. The van der Waals surface area contributed by atoms with Gasteiger partial charge in [0.25, 0.3) is 0 Å². The van der Waals surface area contributed by atoms with Gasteiger partial charge in [0.1, 0.15) is 11.8 Å². The number of pyridine rings is 1. The van der Waals surface area contributed by atoms with Crippen molar-refractivity contribution in [2.24, 2.45) is 0 Å². The van der Waals surface area contributed by atoms with Crippen LogP contribution in [0.3, 0.4) is 0 Å². The Bertz CT molecular complexity index is 338. The molecule has 2 heterocycles. The van der Waals surface area contributed by atoms with E-state index in [-0.39, 0.29) is 12.4 Å². The van der Waals surface area contributed by atoms with Crippen molar-refractivity contribution < 1.29 is 9.53 Å². The van der Waals surface area contributed by atoms with Crippen LogP contribution in [0.5, 0.6) is 0 Å². The predicted molar refractivity (Wildman–Crippen MR) is 43.2 cm³/mol. The van der Waals surface area contributed by atoms with Gasteiger partial charge in [-0.25, -0.2) is 4.98 Å². The van der Waals surface area contributed by atoms with Gasteiger partial charge in [-0.15, -0.1) is 0 Å². The minimum Gasteiger partial charge on any atom is -0.367 e. The molecule has 0 saturated carbocycles. The number of aromatic nitrogens is 1. The molecule has 0 saturated heterocycles. The summed E-state index contributed by atoms with van der Waals surface area (Å²) in [6, 6.07) is 3.30. The zero-order chi connectivity index (χ0) is 8.55. The lowest BCUT2D eigenvalue weighted by molar-refractivity contribution is 0.0655. The number of carbonyl (C=O) groups is 1. The minimum atomic E-state index is -0.0274. The Morgan fingerprint density at radius 2 is 2.25 bits per heavy atom. The number of hydrogen-bond acceptors (Lipinski definition) is 3. The Hall–Kier alpha value is -0.930. The fourth-order valence-corrected chi connectivity index (χ4v) is 1.32. The van der Waals surface area contributed by atoms with Crippen LogP contribution in [0.4, 0.5) is 0 Å². The third-order valence-electron chi connectivity index (χ3n) is 1.71. The third-order valence-corrected chi connectivity index (χ3v) is 1.92. The van der Waals surface area contributed by atoms with E-state index in [0.717, 1.165) is 0 Å². The van der Waals surface area contributed by atoms with Crippen LogP contribution in [0.25, 0.3) is 0 Å². The first-order valence-corrected chi connectivity index (χ1v) is 3.91. The first kappa shape index (κ1) is 7.71. The van der Waals surface area contributed by atoms with Crippen molar-refractivity contribution >= 4 is 17.4 Å². The van der Waals surface area contributed by atoms with E-state index in [1.807, 2.05) is 0 Å². The zero-order valence-electron chi connectivity index (χ0n) is 6.21. The standard InChI is InChI=1S/C8H6ClNO2/c9-8-2-1-5-6(10-8)3-12-4-7(5)11/h1-2H,3-4H2. The molecule has 3 nitrogen and oxygen atoms in total. The van der Waals surface area contributed by atoms with Crippen LogP contribution < -0.4 is 0 Å². The van der Waals surface area contributed by atoms with Crippen molar-refractivity contribution in [3.63, 3.8) is 0 Å². The third kappa shape index (κ3) is 1.21. The van der Waals surface area contributed by atoms with Crippen LogP contribution in [-0.4, -0.2) is 17.4 Å². The summed E-state index contributed by atoms with van der Waals surface area (Å²) in [5, 5.41) is 0.395. The summed E-state index contributed by atoms with van der Waals surface area (Å²) in [7, 11) is 0. The van der Waals surface area contributed by atoms with Crippen molar-refractivity contribution in [2.45, 2.75) is 6.61 Å². The number of Topliss-reactive ketones (excluding diaryl/α,β-unsaturated/α-hetero) is 1. The topological polar surface area (TPSA) is 39.2 Å². The molecule has 0 amide bonds. The molecular formula is C8H6ClNO2. The van der Waals surface area contributed by atoms with E-state index < -0.39 is 0 Å². The second-order valence-corrected chi connectivity index (χ2v) is 2.93. The number of ketones is 1. The average molecular weight is 184 g/mol. The highest BCUT2D eigenvalue weighted by molar-refractivity contribution is 6.29. The van der Waals surface area contributed by atoms with E-state index in [1.54, 1.807) is 12.1 Å². The number of fused-ring (bicyclic) bond motifs is 1. The number of ether oxygens (including phenoxy) is 1. The normalized spacial score (nSPS) is 15.9. The molecule has 0 atom stereocenters. The summed E-state index contributed by atoms with van der Waals surface area (Å²) < 4.78 is 4.99. The molecule has 12 heavy (non-hydrogen) atoms. The molecule has 0 aromatic carbocycles. The molecule has 0 radical (unpaired) electrons. The van der Waals surface area contributed by atoms with Crippen molar-refractivity contribution in [3.05, 3.63) is 28.5 Å². The molecule has 0 spiro atoms. The Balaban J connectivity index is 2.53. The number of carbonyl (C=O) groups excluding carboxylic acids is 1. The van der Waals surface area contributed by atoms with Crippen LogP contribution in [0, 0.1) is 0 Å². The molecule has 0 bridgehead atoms. The van der Waals surface area contributed by atoms with E-state index in [2.05, 4.69) is 4.98 Å². The Labute approximate surface area is 74.3 Å². The Morgan fingerprint density at radius 1 is 1.42 bits per heavy atom. The smallest absolute Gasteiger partial charge is 0.190 e. The maximum Gasteiger partial charge on any atom is 0.190 e. The summed E-state index contributed by atoms with van der Waals surface area (Å²) >= 11 is 5.65. The van der Waals surface area contributed by atoms with Crippen LogP contribution in [-0.2, 0) is 11.3 Å². The highest BCUT2D eigenvalue weighted by Crippen LogP contribution is 2.16. The highest BCUT2D eigenvalue weighted by Gasteiger charge is 2.18. The maximum atomic E-state index is 11.2. The van der Waals surface area contributed by atoms with Gasteiger partial charge in [0, 0.05) is 5.56 Å². The van der Waals surface area contributed by atoms with Gasteiger partial charge in [0.05, 0.1) is 12.3 Å². The summed E-state index contributed by atoms with van der Waals surface area (Å²) in [5.74, 6) is -0.0274. The summed E-state index contributed by atoms with van der Waals surface area (Å²) in [6.45, 7) is 0.526. The van der Waals surface area contributed by atoms with Gasteiger partial charge in [0.2, 0.25) is 0 Å². The minimum absolute atomic E-state index is 0.0274. The SMILES string of the molecule is O=C1COCc2nc(Cl)ccc21. The van der Waals surface area contributed by atoms with Gasteiger partial charge in [0.15, 0.2) is 5.78 Å². The number of nitrogens with zero attached hydrogens (tertiary/aromatic N) is 1. The fourth-order valence-electron chi connectivity index (χ4n) is 1.16. The van der Waals surface area contributed by atoms with Gasteiger partial charge >= 0.3 is 0 Å². The molecule has 1 aliphatic heterocycles. The number of hydrogen-bond donors (Lipinski definition) is 0.